The van der Waals surface area contributed by atoms with Gasteiger partial charge in [-0.3, -0.25) is 0 Å². The summed E-state index contributed by atoms with van der Waals surface area (Å²) in [6.07, 6.45) is 2.02. The Balaban J connectivity index is 1.94. The zero-order valence-corrected chi connectivity index (χ0v) is 12.7. The number of rotatable bonds is 3. The summed E-state index contributed by atoms with van der Waals surface area (Å²) >= 11 is 6.35. The summed E-state index contributed by atoms with van der Waals surface area (Å²) < 4.78 is 0. The van der Waals surface area contributed by atoms with Gasteiger partial charge in [0.25, 0.3) is 0 Å². The smallest absolute Gasteiger partial charge is 0.0478 e. The van der Waals surface area contributed by atoms with E-state index < -0.39 is 0 Å². The first kappa shape index (κ1) is 13.5. The Morgan fingerprint density at radius 1 is 1.10 bits per heavy atom. The summed E-state index contributed by atoms with van der Waals surface area (Å²) in [5, 5.41) is 4.63. The molecule has 1 nitrogen and oxygen atoms in total. The van der Waals surface area contributed by atoms with Crippen molar-refractivity contribution in [3.8, 4) is 0 Å². The number of para-hydroxylation sites is 1. The Hall–Kier alpha value is -1.47. The fraction of sp³-hybridized carbons (Fsp3) is 0.333. The van der Waals surface area contributed by atoms with Crippen LogP contribution in [0, 0.1) is 5.92 Å². The maximum absolute atomic E-state index is 6.35. The normalized spacial score (nSPS) is 20.8. The molecule has 1 unspecified atom stereocenters. The van der Waals surface area contributed by atoms with E-state index >= 15 is 0 Å². The molecule has 0 saturated heterocycles. The standard InChI is InChI=1S/C18H20ClN/c1-13(2)18(11-14-7-3-5-9-16(14)19)12-15-8-4-6-10-17(15)20-18/h3-10,13,20H,11-12H2,1-2H3. The highest BCUT2D eigenvalue weighted by molar-refractivity contribution is 6.31. The van der Waals surface area contributed by atoms with Crippen molar-refractivity contribution < 1.29 is 0 Å². The Bertz CT molecular complexity index is 593. The predicted octanol–water partition coefficient (Wildman–Crippen LogP) is 4.95. The van der Waals surface area contributed by atoms with Gasteiger partial charge in [0.1, 0.15) is 0 Å². The number of benzene rings is 2. The van der Waals surface area contributed by atoms with Crippen molar-refractivity contribution in [2.45, 2.75) is 32.2 Å². The van der Waals surface area contributed by atoms with Crippen LogP contribution in [-0.2, 0) is 12.8 Å². The van der Waals surface area contributed by atoms with E-state index in [0.29, 0.717) is 5.92 Å². The molecule has 0 amide bonds. The van der Waals surface area contributed by atoms with Gasteiger partial charge in [0.2, 0.25) is 0 Å². The number of hydrogen-bond donors (Lipinski definition) is 1. The summed E-state index contributed by atoms with van der Waals surface area (Å²) in [4.78, 5) is 0. The minimum atomic E-state index is 0.0642. The maximum Gasteiger partial charge on any atom is 0.0478 e. The second-order valence-corrected chi connectivity index (χ2v) is 6.45. The second-order valence-electron chi connectivity index (χ2n) is 6.04. The van der Waals surface area contributed by atoms with Gasteiger partial charge in [0.15, 0.2) is 0 Å². The lowest BCUT2D eigenvalue weighted by Crippen LogP contribution is -2.44. The third-order valence-electron chi connectivity index (χ3n) is 4.48. The van der Waals surface area contributed by atoms with Gasteiger partial charge in [-0.2, -0.15) is 0 Å². The number of anilines is 1. The van der Waals surface area contributed by atoms with Crippen LogP contribution in [-0.4, -0.2) is 5.54 Å². The lowest BCUT2D eigenvalue weighted by molar-refractivity contribution is 0.350. The first-order valence-electron chi connectivity index (χ1n) is 7.20. The monoisotopic (exact) mass is 285 g/mol. The molecule has 0 spiro atoms. The van der Waals surface area contributed by atoms with E-state index in [-0.39, 0.29) is 5.54 Å². The van der Waals surface area contributed by atoms with Crippen molar-refractivity contribution in [2.24, 2.45) is 5.92 Å². The number of halogens is 1. The highest BCUT2D eigenvalue weighted by Crippen LogP contribution is 2.40. The van der Waals surface area contributed by atoms with E-state index in [0.717, 1.165) is 17.9 Å². The van der Waals surface area contributed by atoms with E-state index in [9.17, 15) is 0 Å². The van der Waals surface area contributed by atoms with Crippen molar-refractivity contribution >= 4 is 17.3 Å². The van der Waals surface area contributed by atoms with E-state index in [1.165, 1.54) is 16.8 Å². The minimum Gasteiger partial charge on any atom is -0.378 e. The van der Waals surface area contributed by atoms with Crippen molar-refractivity contribution in [2.75, 3.05) is 5.32 Å². The molecule has 0 bridgehead atoms. The zero-order valence-electron chi connectivity index (χ0n) is 12.0. The zero-order chi connectivity index (χ0) is 14.2. The van der Waals surface area contributed by atoms with Gasteiger partial charge >= 0.3 is 0 Å². The maximum atomic E-state index is 6.35. The highest BCUT2D eigenvalue weighted by atomic mass is 35.5. The van der Waals surface area contributed by atoms with Crippen LogP contribution < -0.4 is 5.32 Å². The molecule has 2 heteroatoms. The van der Waals surface area contributed by atoms with Gasteiger partial charge < -0.3 is 5.32 Å². The lowest BCUT2D eigenvalue weighted by Gasteiger charge is -2.35. The Kier molecular flexibility index (Phi) is 3.47. The summed E-state index contributed by atoms with van der Waals surface area (Å²) in [6.45, 7) is 4.57. The Labute approximate surface area is 126 Å². The molecule has 1 heterocycles. The van der Waals surface area contributed by atoms with Gasteiger partial charge in [-0.25, -0.2) is 0 Å². The van der Waals surface area contributed by atoms with E-state index in [4.69, 9.17) is 11.6 Å². The molecule has 0 fully saturated rings. The van der Waals surface area contributed by atoms with Crippen LogP contribution >= 0.6 is 11.6 Å². The van der Waals surface area contributed by atoms with Gasteiger partial charge in [0, 0.05) is 16.2 Å². The predicted molar refractivity (Wildman–Crippen MR) is 86.5 cm³/mol. The topological polar surface area (TPSA) is 12.0 Å². The van der Waals surface area contributed by atoms with Crippen molar-refractivity contribution in [1.82, 2.24) is 0 Å². The molecule has 3 rings (SSSR count). The van der Waals surface area contributed by atoms with E-state index in [1.54, 1.807) is 0 Å². The quantitative estimate of drug-likeness (QED) is 0.842. The Morgan fingerprint density at radius 2 is 1.80 bits per heavy atom. The van der Waals surface area contributed by atoms with Gasteiger partial charge in [-0.1, -0.05) is 61.8 Å². The largest absolute Gasteiger partial charge is 0.378 e. The van der Waals surface area contributed by atoms with Gasteiger partial charge in [-0.15, -0.1) is 0 Å². The van der Waals surface area contributed by atoms with Crippen LogP contribution in [0.15, 0.2) is 48.5 Å². The third-order valence-corrected chi connectivity index (χ3v) is 4.84. The molecule has 2 aromatic carbocycles. The first-order valence-corrected chi connectivity index (χ1v) is 7.58. The second kappa shape index (κ2) is 5.14. The number of nitrogens with one attached hydrogen (secondary N) is 1. The average molecular weight is 286 g/mol. The molecule has 20 heavy (non-hydrogen) atoms. The summed E-state index contributed by atoms with van der Waals surface area (Å²) in [6, 6.07) is 16.8. The van der Waals surface area contributed by atoms with Crippen molar-refractivity contribution in [3.63, 3.8) is 0 Å². The minimum absolute atomic E-state index is 0.0642. The number of hydrogen-bond acceptors (Lipinski definition) is 1. The van der Waals surface area contributed by atoms with E-state index in [1.807, 2.05) is 12.1 Å². The molecule has 2 aromatic rings. The molecule has 1 aliphatic rings. The first-order chi connectivity index (χ1) is 9.61. The van der Waals surface area contributed by atoms with Crippen molar-refractivity contribution in [1.29, 1.82) is 0 Å². The molecular formula is C18H20ClN. The van der Waals surface area contributed by atoms with Crippen LogP contribution in [0.1, 0.15) is 25.0 Å². The summed E-state index contributed by atoms with van der Waals surface area (Å²) in [7, 11) is 0. The average Bonchev–Trinajstić information content (AvgIpc) is 2.81. The SMILES string of the molecule is CC(C)C1(Cc2ccccc2Cl)Cc2ccccc2N1. The Morgan fingerprint density at radius 3 is 2.50 bits per heavy atom. The van der Waals surface area contributed by atoms with Crippen LogP contribution in [0.5, 0.6) is 0 Å². The van der Waals surface area contributed by atoms with Crippen LogP contribution in [0.2, 0.25) is 5.02 Å². The molecule has 0 aliphatic carbocycles. The molecule has 1 atom stereocenters. The molecule has 1 aliphatic heterocycles. The van der Waals surface area contributed by atoms with Crippen LogP contribution in [0.25, 0.3) is 0 Å². The summed E-state index contributed by atoms with van der Waals surface area (Å²) in [5.41, 5.74) is 3.97. The number of fused-ring (bicyclic) bond motifs is 1. The molecule has 0 radical (unpaired) electrons. The molecular weight excluding hydrogens is 266 g/mol. The fourth-order valence-electron chi connectivity index (χ4n) is 3.09. The van der Waals surface area contributed by atoms with Crippen LogP contribution in [0.3, 0.4) is 0 Å². The fourth-order valence-corrected chi connectivity index (χ4v) is 3.29. The molecule has 0 aromatic heterocycles. The molecule has 104 valence electrons. The summed E-state index contributed by atoms with van der Waals surface area (Å²) in [5.74, 6) is 0.533. The van der Waals surface area contributed by atoms with Gasteiger partial charge in [-0.05, 0) is 42.0 Å². The lowest BCUT2D eigenvalue weighted by atomic mass is 9.79. The molecule has 1 N–H and O–H groups in total. The van der Waals surface area contributed by atoms with E-state index in [2.05, 4.69) is 55.6 Å². The highest BCUT2D eigenvalue weighted by Gasteiger charge is 2.39. The molecule has 0 saturated carbocycles. The van der Waals surface area contributed by atoms with Crippen molar-refractivity contribution in [3.05, 3.63) is 64.7 Å². The van der Waals surface area contributed by atoms with Crippen LogP contribution in [0.4, 0.5) is 5.69 Å². The van der Waals surface area contributed by atoms with Gasteiger partial charge in [0.05, 0.1) is 0 Å². The third kappa shape index (κ3) is 2.31.